The van der Waals surface area contributed by atoms with E-state index in [1.807, 2.05) is 11.7 Å². The molecular weight excluding hydrogens is 168 g/mol. The molecule has 0 bridgehead atoms. The van der Waals surface area contributed by atoms with Crippen molar-refractivity contribution in [3.63, 3.8) is 0 Å². The molecule has 3 heteroatoms. The van der Waals surface area contributed by atoms with Crippen LogP contribution in [0.4, 0.5) is 0 Å². The molecule has 0 saturated heterocycles. The van der Waals surface area contributed by atoms with Crippen LogP contribution in [0.3, 0.4) is 0 Å². The molecule has 0 atom stereocenters. The fraction of sp³-hybridized carbons (Fsp3) is 0.667. The maximum atomic E-state index is 4.45. The van der Waals surface area contributed by atoms with Crippen LogP contribution in [-0.2, 0) is 12.5 Å². The zero-order chi connectivity index (χ0) is 9.35. The Morgan fingerprint density at radius 1 is 1.42 bits per heavy atom. The number of hydrogen-bond acceptors (Lipinski definition) is 2. The van der Waals surface area contributed by atoms with E-state index >= 15 is 0 Å². The van der Waals surface area contributed by atoms with Gasteiger partial charge in [-0.25, -0.2) is 0 Å². The van der Waals surface area contributed by atoms with Gasteiger partial charge in [0.1, 0.15) is 0 Å². The molecule has 0 aliphatic heterocycles. The molecule has 12 heavy (non-hydrogen) atoms. The van der Waals surface area contributed by atoms with E-state index in [0.29, 0.717) is 0 Å². The molecule has 0 radical (unpaired) electrons. The Hall–Kier alpha value is -0.440. The summed E-state index contributed by atoms with van der Waals surface area (Å²) in [6, 6.07) is 2.16. The molecule has 0 fully saturated rings. The van der Waals surface area contributed by atoms with E-state index < -0.39 is 0 Å². The number of hydrogen-bond donors (Lipinski definition) is 0. The molecule has 1 aromatic rings. The van der Waals surface area contributed by atoms with Crippen molar-refractivity contribution in [2.24, 2.45) is 7.05 Å². The van der Waals surface area contributed by atoms with E-state index in [1.54, 1.807) is 11.8 Å². The molecule has 0 N–H and O–H groups in total. The van der Waals surface area contributed by atoms with E-state index in [1.165, 1.54) is 5.03 Å². The largest absolute Gasteiger partial charge is 0.262 e. The summed E-state index contributed by atoms with van der Waals surface area (Å²) in [6.45, 7) is 6.54. The van der Waals surface area contributed by atoms with Crippen LogP contribution in [-0.4, -0.2) is 16.0 Å². The van der Waals surface area contributed by atoms with E-state index in [-0.39, 0.29) is 5.41 Å². The third-order valence-corrected chi connectivity index (χ3v) is 2.61. The molecule has 2 nitrogen and oxygen atoms in total. The Kier molecular flexibility index (Phi) is 2.52. The lowest BCUT2D eigenvalue weighted by Gasteiger charge is -2.13. The number of nitrogens with zero attached hydrogens (tertiary/aromatic N) is 2. The second kappa shape index (κ2) is 3.13. The molecular formula is C9H16N2S. The first-order valence-corrected chi connectivity index (χ1v) is 5.26. The summed E-state index contributed by atoms with van der Waals surface area (Å²) >= 11 is 1.73. The summed E-state index contributed by atoms with van der Waals surface area (Å²) < 4.78 is 1.94. The highest BCUT2D eigenvalue weighted by Crippen LogP contribution is 2.24. The summed E-state index contributed by atoms with van der Waals surface area (Å²) in [5, 5.41) is 5.67. The maximum absolute atomic E-state index is 4.45. The fourth-order valence-corrected chi connectivity index (χ4v) is 1.54. The van der Waals surface area contributed by atoms with Gasteiger partial charge in [0, 0.05) is 12.5 Å². The van der Waals surface area contributed by atoms with Gasteiger partial charge in [-0.3, -0.25) is 4.68 Å². The van der Waals surface area contributed by atoms with Gasteiger partial charge in [0.25, 0.3) is 0 Å². The van der Waals surface area contributed by atoms with Crippen molar-refractivity contribution in [1.82, 2.24) is 9.78 Å². The van der Waals surface area contributed by atoms with E-state index in [2.05, 4.69) is 38.2 Å². The lowest BCUT2D eigenvalue weighted by Crippen LogP contribution is -2.12. The highest BCUT2D eigenvalue weighted by Gasteiger charge is 2.18. The van der Waals surface area contributed by atoms with Crippen LogP contribution in [0.2, 0.25) is 0 Å². The van der Waals surface area contributed by atoms with E-state index in [4.69, 9.17) is 0 Å². The molecule has 0 unspecified atom stereocenters. The molecule has 1 heterocycles. The average molecular weight is 184 g/mol. The second-order valence-corrected chi connectivity index (χ2v) is 4.77. The molecule has 1 rings (SSSR count). The Labute approximate surface area is 78.4 Å². The molecule has 0 aliphatic carbocycles. The molecule has 0 aromatic carbocycles. The summed E-state index contributed by atoms with van der Waals surface area (Å²) in [7, 11) is 1.99. The first-order valence-electron chi connectivity index (χ1n) is 4.03. The zero-order valence-electron chi connectivity index (χ0n) is 8.38. The van der Waals surface area contributed by atoms with Crippen molar-refractivity contribution < 1.29 is 0 Å². The van der Waals surface area contributed by atoms with Gasteiger partial charge >= 0.3 is 0 Å². The average Bonchev–Trinajstić information content (AvgIpc) is 2.29. The van der Waals surface area contributed by atoms with Gasteiger partial charge in [0.05, 0.1) is 10.7 Å². The Bertz CT molecular complexity index is 271. The smallest absolute Gasteiger partial charge is 0.0936 e. The fourth-order valence-electron chi connectivity index (χ4n) is 1.01. The van der Waals surface area contributed by atoms with E-state index in [9.17, 15) is 0 Å². The third kappa shape index (κ3) is 1.83. The molecule has 0 amide bonds. The van der Waals surface area contributed by atoms with Crippen LogP contribution < -0.4 is 0 Å². The first-order chi connectivity index (χ1) is 5.45. The standard InChI is InChI=1S/C9H16N2S/c1-9(2,3)7-6-8(12-5)11(4)10-7/h6H,1-5H3. The zero-order valence-corrected chi connectivity index (χ0v) is 9.20. The topological polar surface area (TPSA) is 17.8 Å². The normalized spacial score (nSPS) is 12.1. The van der Waals surface area contributed by atoms with Crippen molar-refractivity contribution >= 4 is 11.8 Å². The molecule has 0 saturated carbocycles. The first kappa shape index (κ1) is 9.65. The Balaban J connectivity index is 3.05. The van der Waals surface area contributed by atoms with Gasteiger partial charge < -0.3 is 0 Å². The quantitative estimate of drug-likeness (QED) is 0.624. The lowest BCUT2D eigenvalue weighted by molar-refractivity contribution is 0.550. The van der Waals surface area contributed by atoms with E-state index in [0.717, 1.165) is 5.69 Å². The highest BCUT2D eigenvalue weighted by atomic mass is 32.2. The van der Waals surface area contributed by atoms with Crippen molar-refractivity contribution in [2.75, 3.05) is 6.26 Å². The number of aryl methyl sites for hydroxylation is 1. The van der Waals surface area contributed by atoms with Crippen LogP contribution in [0.5, 0.6) is 0 Å². The van der Waals surface area contributed by atoms with Gasteiger partial charge in [-0.15, -0.1) is 11.8 Å². The van der Waals surface area contributed by atoms with Crippen molar-refractivity contribution in [3.8, 4) is 0 Å². The van der Waals surface area contributed by atoms with Gasteiger partial charge in [0.2, 0.25) is 0 Å². The second-order valence-electron chi connectivity index (χ2n) is 3.95. The summed E-state index contributed by atoms with van der Waals surface area (Å²) in [5.41, 5.74) is 1.32. The van der Waals surface area contributed by atoms with Crippen LogP contribution in [0.1, 0.15) is 26.5 Å². The number of aromatic nitrogens is 2. The van der Waals surface area contributed by atoms with Crippen molar-refractivity contribution in [2.45, 2.75) is 31.2 Å². The molecule has 1 aromatic heterocycles. The van der Waals surface area contributed by atoms with Crippen LogP contribution in [0.25, 0.3) is 0 Å². The van der Waals surface area contributed by atoms with Gasteiger partial charge in [-0.05, 0) is 12.3 Å². The highest BCUT2D eigenvalue weighted by molar-refractivity contribution is 7.98. The van der Waals surface area contributed by atoms with Crippen LogP contribution in [0.15, 0.2) is 11.1 Å². The van der Waals surface area contributed by atoms with Crippen LogP contribution >= 0.6 is 11.8 Å². The summed E-state index contributed by atoms with van der Waals surface area (Å²) in [5.74, 6) is 0. The molecule has 68 valence electrons. The SMILES string of the molecule is CSc1cc(C(C)(C)C)nn1C. The lowest BCUT2D eigenvalue weighted by atomic mass is 9.93. The summed E-state index contributed by atoms with van der Waals surface area (Å²) in [4.78, 5) is 0. The van der Waals surface area contributed by atoms with Gasteiger partial charge in [-0.2, -0.15) is 5.10 Å². The Morgan fingerprint density at radius 3 is 2.25 bits per heavy atom. The van der Waals surface area contributed by atoms with Crippen molar-refractivity contribution in [3.05, 3.63) is 11.8 Å². The van der Waals surface area contributed by atoms with Crippen LogP contribution in [0, 0.1) is 0 Å². The third-order valence-electron chi connectivity index (χ3n) is 1.81. The Morgan fingerprint density at radius 2 is 2.00 bits per heavy atom. The minimum atomic E-state index is 0.158. The number of thioether (sulfide) groups is 1. The van der Waals surface area contributed by atoms with Gasteiger partial charge in [0.15, 0.2) is 0 Å². The molecule has 0 aliphatic rings. The maximum Gasteiger partial charge on any atom is 0.0936 e. The van der Waals surface area contributed by atoms with Crippen molar-refractivity contribution in [1.29, 1.82) is 0 Å². The summed E-state index contributed by atoms with van der Waals surface area (Å²) in [6.07, 6.45) is 2.07. The molecule has 0 spiro atoms. The monoisotopic (exact) mass is 184 g/mol. The predicted octanol–water partition coefficient (Wildman–Crippen LogP) is 2.44. The number of rotatable bonds is 1. The minimum Gasteiger partial charge on any atom is -0.262 e. The minimum absolute atomic E-state index is 0.158. The van der Waals surface area contributed by atoms with Gasteiger partial charge in [-0.1, -0.05) is 20.8 Å². The predicted molar refractivity (Wildman–Crippen MR) is 53.7 cm³/mol.